The molecule has 1 aromatic carbocycles. The van der Waals surface area contributed by atoms with Crippen LogP contribution in [-0.2, 0) is 4.79 Å². The Morgan fingerprint density at radius 3 is 2.76 bits per heavy atom. The number of nitrogens with two attached hydrogens (primary N) is 1. The number of anilines is 1. The van der Waals surface area contributed by atoms with E-state index in [1.165, 1.54) is 0 Å². The highest BCUT2D eigenvalue weighted by molar-refractivity contribution is 6.01. The van der Waals surface area contributed by atoms with Crippen LogP contribution in [0.5, 0.6) is 0 Å². The Bertz CT molecular complexity index is 651. The summed E-state index contributed by atoms with van der Waals surface area (Å²) < 4.78 is 0. The Balaban J connectivity index is 1.80. The highest BCUT2D eigenvalue weighted by Gasteiger charge is 2.33. The van der Waals surface area contributed by atoms with Gasteiger partial charge in [-0.3, -0.25) is 4.79 Å². The second-order valence-electron chi connectivity index (χ2n) is 5.92. The zero-order valence-corrected chi connectivity index (χ0v) is 14.0. The first-order chi connectivity index (χ1) is 11.9. The number of urea groups is 2. The van der Waals surface area contributed by atoms with Crippen LogP contribution in [0.1, 0.15) is 12.0 Å². The van der Waals surface area contributed by atoms with Crippen molar-refractivity contribution in [2.24, 2.45) is 5.73 Å². The van der Waals surface area contributed by atoms with E-state index in [-0.39, 0.29) is 19.0 Å². The van der Waals surface area contributed by atoms with Crippen LogP contribution < -0.4 is 26.6 Å². The molecule has 136 valence electrons. The molecule has 0 radical (unpaired) electrons. The van der Waals surface area contributed by atoms with Crippen molar-refractivity contribution in [3.05, 3.63) is 29.8 Å². The molecule has 1 heterocycles. The van der Waals surface area contributed by atoms with Crippen molar-refractivity contribution in [3.63, 3.8) is 0 Å². The van der Waals surface area contributed by atoms with E-state index in [1.54, 1.807) is 4.90 Å². The lowest BCUT2D eigenvalue weighted by atomic mass is 10.2. The number of hydrogen-bond acceptors (Lipinski definition) is 4. The van der Waals surface area contributed by atoms with E-state index < -0.39 is 24.2 Å². The minimum atomic E-state index is -0.971. The van der Waals surface area contributed by atoms with Gasteiger partial charge in [-0.25, -0.2) is 9.59 Å². The number of aryl methyl sites for hydroxylation is 1. The predicted molar refractivity (Wildman–Crippen MR) is 92.1 cm³/mol. The third kappa shape index (κ3) is 5.35. The second-order valence-corrected chi connectivity index (χ2v) is 5.92. The molecule has 1 fully saturated rings. The molecule has 0 aliphatic carbocycles. The van der Waals surface area contributed by atoms with E-state index in [4.69, 9.17) is 5.73 Å². The molecule has 0 bridgehead atoms. The van der Waals surface area contributed by atoms with Crippen molar-refractivity contribution in [2.75, 3.05) is 24.5 Å². The molecule has 9 heteroatoms. The molecule has 1 aliphatic heterocycles. The van der Waals surface area contributed by atoms with Gasteiger partial charge in [-0.2, -0.15) is 0 Å². The summed E-state index contributed by atoms with van der Waals surface area (Å²) in [5.41, 5.74) is 6.75. The number of aliphatic hydroxyl groups excluding tert-OH is 1. The van der Waals surface area contributed by atoms with Gasteiger partial charge in [-0.05, 0) is 31.0 Å². The summed E-state index contributed by atoms with van der Waals surface area (Å²) in [7, 11) is 0. The number of carbonyl (C=O) groups excluding carboxylic acids is 3. The van der Waals surface area contributed by atoms with Gasteiger partial charge in [0.2, 0.25) is 5.91 Å². The van der Waals surface area contributed by atoms with Gasteiger partial charge in [0.25, 0.3) is 0 Å². The van der Waals surface area contributed by atoms with Gasteiger partial charge in [0.15, 0.2) is 0 Å². The average molecular weight is 349 g/mol. The third-order valence-electron chi connectivity index (χ3n) is 3.83. The molecule has 1 aliphatic rings. The first kappa shape index (κ1) is 18.5. The molecule has 5 amide bonds. The minimum absolute atomic E-state index is 0.0703. The lowest BCUT2D eigenvalue weighted by molar-refractivity contribution is -0.118. The highest BCUT2D eigenvalue weighted by Crippen LogP contribution is 2.22. The lowest BCUT2D eigenvalue weighted by Crippen LogP contribution is -2.49. The molecule has 0 aromatic heterocycles. The highest BCUT2D eigenvalue weighted by atomic mass is 16.3. The van der Waals surface area contributed by atoms with Gasteiger partial charge in [0, 0.05) is 25.3 Å². The monoisotopic (exact) mass is 349 g/mol. The molecule has 25 heavy (non-hydrogen) atoms. The summed E-state index contributed by atoms with van der Waals surface area (Å²) >= 11 is 0. The van der Waals surface area contributed by atoms with Crippen LogP contribution >= 0.6 is 0 Å². The van der Waals surface area contributed by atoms with Crippen molar-refractivity contribution in [3.8, 4) is 0 Å². The number of primary amides is 1. The van der Waals surface area contributed by atoms with Gasteiger partial charge in [-0.15, -0.1) is 0 Å². The normalized spacial score (nSPS) is 17.9. The third-order valence-corrected chi connectivity index (χ3v) is 3.83. The first-order valence-corrected chi connectivity index (χ1v) is 8.00. The van der Waals surface area contributed by atoms with E-state index in [1.807, 2.05) is 31.2 Å². The Labute approximate surface area is 145 Å². The fraction of sp³-hybridized carbons (Fsp3) is 0.438. The van der Waals surface area contributed by atoms with Crippen LogP contribution in [0, 0.1) is 6.92 Å². The molecule has 1 saturated heterocycles. The molecular formula is C16H23N5O4. The number of aliphatic hydroxyl groups is 1. The fourth-order valence-electron chi connectivity index (χ4n) is 2.58. The topological polar surface area (TPSA) is 137 Å². The zero-order chi connectivity index (χ0) is 18.4. The van der Waals surface area contributed by atoms with Crippen LogP contribution in [0.3, 0.4) is 0 Å². The summed E-state index contributed by atoms with van der Waals surface area (Å²) in [6.07, 6.45) is -0.465. The van der Waals surface area contributed by atoms with E-state index in [0.717, 1.165) is 11.3 Å². The maximum Gasteiger partial charge on any atom is 0.315 e. The molecule has 0 saturated carbocycles. The van der Waals surface area contributed by atoms with Crippen molar-refractivity contribution >= 4 is 23.7 Å². The molecule has 6 N–H and O–H groups in total. The Kier molecular flexibility index (Phi) is 6.18. The molecule has 2 atom stereocenters. The van der Waals surface area contributed by atoms with Crippen molar-refractivity contribution < 1.29 is 19.5 Å². The van der Waals surface area contributed by atoms with Crippen molar-refractivity contribution in [1.29, 1.82) is 0 Å². The Hall–Kier alpha value is -2.81. The number of benzene rings is 1. The molecule has 1 aromatic rings. The summed E-state index contributed by atoms with van der Waals surface area (Å²) in [4.78, 5) is 36.5. The maximum atomic E-state index is 12.4. The van der Waals surface area contributed by atoms with Gasteiger partial charge < -0.3 is 31.7 Å². The molecule has 9 nitrogen and oxygen atoms in total. The second kappa shape index (κ2) is 8.34. The summed E-state index contributed by atoms with van der Waals surface area (Å²) in [6.45, 7) is 2.33. The Morgan fingerprint density at radius 1 is 1.36 bits per heavy atom. The van der Waals surface area contributed by atoms with E-state index in [0.29, 0.717) is 13.0 Å². The SMILES string of the molecule is Cc1cccc(N2CCC(NC(=O)NCC(O)CNC(N)=O)C2=O)c1. The fourth-order valence-corrected chi connectivity index (χ4v) is 2.58. The quantitative estimate of drug-likeness (QED) is 0.469. The summed E-state index contributed by atoms with van der Waals surface area (Å²) in [6, 6.07) is 5.69. The molecule has 0 spiro atoms. The maximum absolute atomic E-state index is 12.4. The van der Waals surface area contributed by atoms with Crippen molar-refractivity contribution in [2.45, 2.75) is 25.5 Å². The summed E-state index contributed by atoms with van der Waals surface area (Å²) in [5, 5.41) is 16.9. The largest absolute Gasteiger partial charge is 0.389 e. The number of amides is 5. The van der Waals surface area contributed by atoms with E-state index in [9.17, 15) is 19.5 Å². The van der Waals surface area contributed by atoms with E-state index in [2.05, 4.69) is 16.0 Å². The predicted octanol–water partition coefficient (Wildman–Crippen LogP) is -0.571. The van der Waals surface area contributed by atoms with Crippen molar-refractivity contribution in [1.82, 2.24) is 16.0 Å². The number of carbonyl (C=O) groups is 3. The zero-order valence-electron chi connectivity index (χ0n) is 14.0. The number of rotatable bonds is 6. The van der Waals surface area contributed by atoms with Crippen LogP contribution in [0.15, 0.2) is 24.3 Å². The van der Waals surface area contributed by atoms with Gasteiger partial charge >= 0.3 is 12.1 Å². The van der Waals surface area contributed by atoms with Gasteiger partial charge in [0.1, 0.15) is 6.04 Å². The molecule has 2 rings (SSSR count). The lowest BCUT2D eigenvalue weighted by Gasteiger charge is -2.18. The molecule has 2 unspecified atom stereocenters. The number of nitrogens with one attached hydrogen (secondary N) is 3. The minimum Gasteiger partial charge on any atom is -0.389 e. The van der Waals surface area contributed by atoms with Crippen LogP contribution in [0.2, 0.25) is 0 Å². The number of nitrogens with zero attached hydrogens (tertiary/aromatic N) is 1. The van der Waals surface area contributed by atoms with Gasteiger partial charge in [0.05, 0.1) is 6.10 Å². The summed E-state index contributed by atoms with van der Waals surface area (Å²) in [5.74, 6) is -0.170. The van der Waals surface area contributed by atoms with Gasteiger partial charge in [-0.1, -0.05) is 12.1 Å². The first-order valence-electron chi connectivity index (χ1n) is 8.00. The Morgan fingerprint density at radius 2 is 2.08 bits per heavy atom. The standard InChI is InChI=1S/C16H23N5O4/c1-10-3-2-4-11(7-10)21-6-5-13(14(21)23)20-16(25)19-9-12(22)8-18-15(17)24/h2-4,7,12-13,22H,5-6,8-9H2,1H3,(H3,17,18,24)(H2,19,20,25). The average Bonchev–Trinajstić information content (AvgIpc) is 2.92. The van der Waals surface area contributed by atoms with Crippen LogP contribution in [0.25, 0.3) is 0 Å². The molecular weight excluding hydrogens is 326 g/mol. The number of hydrogen-bond donors (Lipinski definition) is 5. The van der Waals surface area contributed by atoms with Crippen LogP contribution in [-0.4, -0.2) is 54.9 Å². The van der Waals surface area contributed by atoms with Crippen LogP contribution in [0.4, 0.5) is 15.3 Å². The van der Waals surface area contributed by atoms with E-state index >= 15 is 0 Å². The smallest absolute Gasteiger partial charge is 0.315 e.